The number of sulfonamides is 1. The third kappa shape index (κ3) is 6.37. The van der Waals surface area contributed by atoms with Crippen molar-refractivity contribution in [1.82, 2.24) is 9.71 Å². The highest BCUT2D eigenvalue weighted by atomic mass is 35.5. The average Bonchev–Trinajstić information content (AvgIpc) is 2.97. The van der Waals surface area contributed by atoms with Crippen molar-refractivity contribution in [3.05, 3.63) is 40.4 Å². The van der Waals surface area contributed by atoms with Crippen molar-refractivity contribution < 1.29 is 22.7 Å². The summed E-state index contributed by atoms with van der Waals surface area (Å²) in [4.78, 5) is 27.3. The minimum Gasteiger partial charge on any atom is -0.456 e. The van der Waals surface area contributed by atoms with Crippen LogP contribution < -0.4 is 10.0 Å². The van der Waals surface area contributed by atoms with Crippen molar-refractivity contribution in [2.24, 2.45) is 0 Å². The number of thiazole rings is 1. The van der Waals surface area contributed by atoms with Crippen molar-refractivity contribution in [2.45, 2.75) is 18.2 Å². The zero-order chi connectivity index (χ0) is 19.2. The Morgan fingerprint density at radius 3 is 2.77 bits per heavy atom. The van der Waals surface area contributed by atoms with Crippen molar-refractivity contribution in [2.75, 3.05) is 18.5 Å². The number of aryl methyl sites for hydroxylation is 1. The van der Waals surface area contributed by atoms with E-state index < -0.39 is 28.5 Å². The van der Waals surface area contributed by atoms with Gasteiger partial charge in [0.25, 0.3) is 5.91 Å². The molecule has 8 nitrogen and oxygen atoms in total. The normalized spacial score (nSPS) is 11.2. The largest absolute Gasteiger partial charge is 0.456 e. The summed E-state index contributed by atoms with van der Waals surface area (Å²) in [6.45, 7) is 1.15. The Morgan fingerprint density at radius 1 is 1.35 bits per heavy atom. The Hall–Kier alpha value is -2.01. The van der Waals surface area contributed by atoms with Gasteiger partial charge in [-0.3, -0.25) is 14.9 Å². The van der Waals surface area contributed by atoms with Crippen LogP contribution in [0.15, 0.2) is 34.5 Å². The third-order valence-electron chi connectivity index (χ3n) is 2.96. The second kappa shape index (κ2) is 9.08. The first kappa shape index (κ1) is 20.3. The summed E-state index contributed by atoms with van der Waals surface area (Å²) in [5.74, 6) is -1.23. The average molecular weight is 418 g/mol. The number of aromatic nitrogens is 1. The topological polar surface area (TPSA) is 114 Å². The van der Waals surface area contributed by atoms with E-state index in [1.807, 2.05) is 0 Å². The number of halogens is 1. The molecule has 2 N–H and O–H groups in total. The SMILES string of the molecule is Cc1csc(NC(=O)COC(=O)CCNS(=O)(=O)c2cccc(Cl)c2)n1. The molecule has 0 radical (unpaired) electrons. The number of anilines is 1. The van der Waals surface area contributed by atoms with E-state index in [0.29, 0.717) is 5.13 Å². The molecule has 1 amide bonds. The van der Waals surface area contributed by atoms with Crippen molar-refractivity contribution >= 4 is 50.0 Å². The molecule has 11 heteroatoms. The number of benzene rings is 1. The maximum atomic E-state index is 12.0. The third-order valence-corrected chi connectivity index (χ3v) is 5.53. The van der Waals surface area contributed by atoms with Crippen LogP contribution in [0.2, 0.25) is 5.02 Å². The van der Waals surface area contributed by atoms with E-state index in [2.05, 4.69) is 15.0 Å². The van der Waals surface area contributed by atoms with E-state index in [1.165, 1.54) is 29.5 Å². The van der Waals surface area contributed by atoms with Gasteiger partial charge in [-0.25, -0.2) is 18.1 Å². The van der Waals surface area contributed by atoms with Crippen LogP contribution in [0.1, 0.15) is 12.1 Å². The van der Waals surface area contributed by atoms with Crippen LogP contribution in [0.25, 0.3) is 0 Å². The predicted octanol–water partition coefficient (Wildman–Crippen LogP) is 1.96. The number of rotatable bonds is 8. The lowest BCUT2D eigenvalue weighted by Crippen LogP contribution is -2.28. The highest BCUT2D eigenvalue weighted by Crippen LogP contribution is 2.15. The monoisotopic (exact) mass is 417 g/mol. The molecule has 26 heavy (non-hydrogen) atoms. The molecule has 0 aliphatic carbocycles. The summed E-state index contributed by atoms with van der Waals surface area (Å²) in [6.07, 6.45) is -0.219. The number of nitrogens with zero attached hydrogens (tertiary/aromatic N) is 1. The number of amides is 1. The maximum absolute atomic E-state index is 12.0. The molecule has 0 unspecified atom stereocenters. The quantitative estimate of drug-likeness (QED) is 0.634. The zero-order valence-electron chi connectivity index (χ0n) is 13.7. The van der Waals surface area contributed by atoms with E-state index in [4.69, 9.17) is 16.3 Å². The Bertz CT molecular complexity index is 898. The van der Waals surface area contributed by atoms with E-state index in [9.17, 15) is 18.0 Å². The van der Waals surface area contributed by atoms with Gasteiger partial charge in [0.15, 0.2) is 11.7 Å². The molecule has 1 aromatic heterocycles. The fourth-order valence-electron chi connectivity index (χ4n) is 1.79. The molecule has 0 spiro atoms. The van der Waals surface area contributed by atoms with Crippen LogP contribution in [0.3, 0.4) is 0 Å². The minimum absolute atomic E-state index is 0.00325. The van der Waals surface area contributed by atoms with Gasteiger partial charge in [-0.15, -0.1) is 11.3 Å². The van der Waals surface area contributed by atoms with E-state index in [0.717, 1.165) is 5.69 Å². The maximum Gasteiger partial charge on any atom is 0.307 e. The number of hydrogen-bond donors (Lipinski definition) is 2. The Balaban J connectivity index is 1.72. The summed E-state index contributed by atoms with van der Waals surface area (Å²) >= 11 is 7.02. The molecule has 0 bridgehead atoms. The molecule has 2 rings (SSSR count). The fraction of sp³-hybridized carbons (Fsp3) is 0.267. The van der Waals surface area contributed by atoms with Crippen LogP contribution in [-0.2, 0) is 24.3 Å². The Kier molecular flexibility index (Phi) is 7.09. The first-order valence-electron chi connectivity index (χ1n) is 7.39. The fourth-order valence-corrected chi connectivity index (χ4v) is 3.83. The molecule has 0 saturated carbocycles. The van der Waals surface area contributed by atoms with Gasteiger partial charge in [0.1, 0.15) is 0 Å². The molecule has 0 atom stereocenters. The van der Waals surface area contributed by atoms with Crippen LogP contribution in [0, 0.1) is 6.92 Å². The Morgan fingerprint density at radius 2 is 2.12 bits per heavy atom. The summed E-state index contributed by atoms with van der Waals surface area (Å²) in [7, 11) is -3.78. The second-order valence-electron chi connectivity index (χ2n) is 5.11. The summed E-state index contributed by atoms with van der Waals surface area (Å²) in [5, 5.41) is 4.96. The van der Waals surface area contributed by atoms with Crippen LogP contribution >= 0.6 is 22.9 Å². The zero-order valence-corrected chi connectivity index (χ0v) is 16.1. The van der Waals surface area contributed by atoms with Crippen LogP contribution in [-0.4, -0.2) is 38.4 Å². The number of nitrogens with one attached hydrogen (secondary N) is 2. The van der Waals surface area contributed by atoms with E-state index in [1.54, 1.807) is 18.4 Å². The van der Waals surface area contributed by atoms with Crippen LogP contribution in [0.4, 0.5) is 5.13 Å². The molecular weight excluding hydrogens is 402 g/mol. The van der Waals surface area contributed by atoms with E-state index >= 15 is 0 Å². The molecule has 0 saturated heterocycles. The second-order valence-corrected chi connectivity index (χ2v) is 8.17. The molecule has 1 heterocycles. The molecule has 0 fully saturated rings. The van der Waals surface area contributed by atoms with Gasteiger partial charge in [0.05, 0.1) is 17.0 Å². The summed E-state index contributed by atoms with van der Waals surface area (Å²) in [5.41, 5.74) is 0.772. The van der Waals surface area contributed by atoms with Gasteiger partial charge in [0.2, 0.25) is 10.0 Å². The van der Waals surface area contributed by atoms with Gasteiger partial charge in [-0.05, 0) is 25.1 Å². The number of carbonyl (C=O) groups excluding carboxylic acids is 2. The molecule has 0 aliphatic rings. The number of ether oxygens (including phenoxy) is 1. The van der Waals surface area contributed by atoms with Gasteiger partial charge in [-0.1, -0.05) is 17.7 Å². The molecule has 140 valence electrons. The van der Waals surface area contributed by atoms with Gasteiger partial charge in [-0.2, -0.15) is 0 Å². The minimum atomic E-state index is -3.78. The van der Waals surface area contributed by atoms with Gasteiger partial charge < -0.3 is 4.74 Å². The number of esters is 1. The van der Waals surface area contributed by atoms with Crippen molar-refractivity contribution in [3.8, 4) is 0 Å². The first-order chi connectivity index (χ1) is 12.3. The smallest absolute Gasteiger partial charge is 0.307 e. The lowest BCUT2D eigenvalue weighted by molar-refractivity contribution is -0.147. The number of hydrogen-bond acceptors (Lipinski definition) is 7. The lowest BCUT2D eigenvalue weighted by atomic mass is 10.4. The van der Waals surface area contributed by atoms with E-state index in [-0.39, 0.29) is 22.9 Å². The molecule has 0 aliphatic heterocycles. The van der Waals surface area contributed by atoms with Crippen molar-refractivity contribution in [1.29, 1.82) is 0 Å². The first-order valence-corrected chi connectivity index (χ1v) is 10.1. The summed E-state index contributed by atoms with van der Waals surface area (Å²) in [6, 6.07) is 5.74. The Labute approximate surface area is 159 Å². The lowest BCUT2D eigenvalue weighted by Gasteiger charge is -2.07. The molecular formula is C15H16ClN3O5S2. The van der Waals surface area contributed by atoms with Gasteiger partial charge >= 0.3 is 5.97 Å². The molecule has 2 aromatic rings. The number of carbonyl (C=O) groups is 2. The highest BCUT2D eigenvalue weighted by molar-refractivity contribution is 7.89. The van der Waals surface area contributed by atoms with Gasteiger partial charge in [0, 0.05) is 16.9 Å². The summed E-state index contributed by atoms with van der Waals surface area (Å²) < 4.78 is 31.2. The van der Waals surface area contributed by atoms with Crippen LogP contribution in [0.5, 0.6) is 0 Å². The molecule has 1 aromatic carbocycles. The van der Waals surface area contributed by atoms with Crippen molar-refractivity contribution in [3.63, 3.8) is 0 Å². The predicted molar refractivity (Wildman–Crippen MR) is 97.7 cm³/mol. The standard InChI is InChI=1S/C15H16ClN3O5S2/c1-10-9-25-15(18-10)19-13(20)8-24-14(21)5-6-17-26(22,23)12-4-2-3-11(16)7-12/h2-4,7,9,17H,5-6,8H2,1H3,(H,18,19,20). The highest BCUT2D eigenvalue weighted by Gasteiger charge is 2.15.